The summed E-state index contributed by atoms with van der Waals surface area (Å²) >= 11 is 0.814. The predicted molar refractivity (Wildman–Crippen MR) is 142 cm³/mol. The number of amides is 2. The number of aliphatic hydroxyl groups excluding tert-OH is 2. The molecule has 0 radical (unpaired) electrons. The first kappa shape index (κ1) is 30.6. The number of aliphatic hydroxyl groups is 2. The van der Waals surface area contributed by atoms with Crippen LogP contribution in [-0.2, 0) is 16.4 Å². The first-order chi connectivity index (χ1) is 18.9. The second-order valence-electron chi connectivity index (χ2n) is 8.76. The molecule has 0 saturated carbocycles. The highest BCUT2D eigenvalue weighted by Gasteiger charge is 2.35. The maximum absolute atomic E-state index is 13.8. The van der Waals surface area contributed by atoms with Crippen LogP contribution in [0.4, 0.5) is 13.9 Å². The van der Waals surface area contributed by atoms with E-state index in [2.05, 4.69) is 20.3 Å². The minimum absolute atomic E-state index is 0.0249. The zero-order valence-electron chi connectivity index (χ0n) is 20.9. The Labute approximate surface area is 232 Å². The molecule has 1 heterocycles. The van der Waals surface area contributed by atoms with E-state index in [-0.39, 0.29) is 28.4 Å². The van der Waals surface area contributed by atoms with Crippen LogP contribution in [0.2, 0.25) is 0 Å². The van der Waals surface area contributed by atoms with Gasteiger partial charge in [-0.2, -0.15) is 5.26 Å². The summed E-state index contributed by atoms with van der Waals surface area (Å²) in [5.74, 6) is -3.35. The Morgan fingerprint density at radius 3 is 2.23 bits per heavy atom. The summed E-state index contributed by atoms with van der Waals surface area (Å²) in [6, 6.07) is 9.63. The number of aromatic nitrogens is 1. The average Bonchev–Trinajstić information content (AvgIpc) is 3.34. The van der Waals surface area contributed by atoms with Crippen LogP contribution in [0.1, 0.15) is 32.8 Å². The van der Waals surface area contributed by atoms with Crippen molar-refractivity contribution in [3.05, 3.63) is 82.4 Å². The molecule has 15 heteroatoms. The zero-order chi connectivity index (χ0) is 29.4. The molecule has 0 aliphatic carbocycles. The van der Waals surface area contributed by atoms with Gasteiger partial charge in [-0.15, -0.1) is 11.3 Å². The third-order valence-electron chi connectivity index (χ3n) is 5.54. The van der Waals surface area contributed by atoms with Gasteiger partial charge < -0.3 is 20.8 Å². The van der Waals surface area contributed by atoms with E-state index in [9.17, 15) is 42.3 Å². The minimum Gasteiger partial charge on any atom is -0.388 e. The van der Waals surface area contributed by atoms with Gasteiger partial charge in [-0.25, -0.2) is 22.2 Å². The van der Waals surface area contributed by atoms with Crippen molar-refractivity contribution in [1.82, 2.24) is 15.6 Å². The number of halogens is 2. The van der Waals surface area contributed by atoms with Crippen molar-refractivity contribution in [2.24, 2.45) is 0 Å². The van der Waals surface area contributed by atoms with Crippen LogP contribution in [0, 0.1) is 23.0 Å². The summed E-state index contributed by atoms with van der Waals surface area (Å²) in [5, 5.41) is 37.4. The Kier molecular flexibility index (Phi) is 10.2. The molecule has 0 bridgehead atoms. The largest absolute Gasteiger partial charge is 0.388 e. The van der Waals surface area contributed by atoms with Gasteiger partial charge in [-0.05, 0) is 36.2 Å². The summed E-state index contributed by atoms with van der Waals surface area (Å²) in [6.07, 6.45) is -3.55. The molecule has 4 atom stereocenters. The number of nitriles is 1. The monoisotopic (exact) mass is 593 g/mol. The second kappa shape index (κ2) is 13.4. The highest BCUT2D eigenvalue weighted by molar-refractivity contribution is 7.92. The van der Waals surface area contributed by atoms with Gasteiger partial charge in [0.1, 0.15) is 29.5 Å². The van der Waals surface area contributed by atoms with Crippen LogP contribution in [-0.4, -0.2) is 66.0 Å². The fourth-order valence-corrected chi connectivity index (χ4v) is 5.28. The van der Waals surface area contributed by atoms with E-state index in [4.69, 9.17) is 0 Å². The lowest BCUT2D eigenvalue weighted by molar-refractivity contribution is -0.0212. The van der Waals surface area contributed by atoms with Crippen LogP contribution in [0.15, 0.2) is 53.9 Å². The molecule has 5 N–H and O–H groups in total. The minimum atomic E-state index is -3.67. The first-order valence-corrected chi connectivity index (χ1v) is 14.4. The van der Waals surface area contributed by atoms with E-state index >= 15 is 0 Å². The van der Waals surface area contributed by atoms with Crippen LogP contribution in [0.25, 0.3) is 0 Å². The van der Waals surface area contributed by atoms with E-state index in [1.54, 1.807) is 18.2 Å². The summed E-state index contributed by atoms with van der Waals surface area (Å²) in [7, 11) is -3.67. The van der Waals surface area contributed by atoms with Gasteiger partial charge in [0, 0.05) is 17.0 Å². The molecular weight excluding hydrogens is 568 g/mol. The molecule has 1 aromatic heterocycles. The predicted octanol–water partition coefficient (Wildman–Crippen LogP) is 1.57. The van der Waals surface area contributed by atoms with Gasteiger partial charge >= 0.3 is 0 Å². The number of carbonyl (C=O) groups is 2. The third-order valence-corrected chi connectivity index (χ3v) is 6.99. The lowest BCUT2D eigenvalue weighted by Crippen LogP contribution is -2.56. The van der Waals surface area contributed by atoms with E-state index in [1.165, 1.54) is 17.5 Å². The van der Waals surface area contributed by atoms with Gasteiger partial charge in [0.2, 0.25) is 10.0 Å². The molecule has 40 heavy (non-hydrogen) atoms. The van der Waals surface area contributed by atoms with Gasteiger partial charge in [-0.1, -0.05) is 18.2 Å². The Balaban J connectivity index is 1.86. The second-order valence-corrected chi connectivity index (χ2v) is 11.4. The molecule has 3 rings (SSSR count). The number of carbonyl (C=O) groups excluding carboxylic acids is 2. The van der Waals surface area contributed by atoms with E-state index in [0.717, 1.165) is 29.7 Å². The van der Waals surface area contributed by atoms with Crippen LogP contribution in [0.5, 0.6) is 0 Å². The number of rotatable bonds is 12. The van der Waals surface area contributed by atoms with Gasteiger partial charge in [0.25, 0.3) is 11.8 Å². The Bertz CT molecular complexity index is 1480. The van der Waals surface area contributed by atoms with Crippen molar-refractivity contribution in [2.45, 2.75) is 37.1 Å². The quantitative estimate of drug-likeness (QED) is 0.210. The molecule has 4 unspecified atom stereocenters. The Morgan fingerprint density at radius 2 is 1.62 bits per heavy atom. The van der Waals surface area contributed by atoms with Crippen molar-refractivity contribution >= 4 is 38.3 Å². The van der Waals surface area contributed by atoms with E-state index < -0.39 is 64.2 Å². The maximum atomic E-state index is 13.8. The van der Waals surface area contributed by atoms with Gasteiger partial charge in [0.15, 0.2) is 5.13 Å². The zero-order valence-corrected chi connectivity index (χ0v) is 22.5. The lowest BCUT2D eigenvalue weighted by Gasteiger charge is -2.32. The fraction of sp³-hybridized carbons (Fsp3) is 0.280. The highest BCUT2D eigenvalue weighted by Crippen LogP contribution is 2.19. The number of thiazole rings is 1. The number of nitrogens with one attached hydrogen (secondary N) is 3. The van der Waals surface area contributed by atoms with Crippen molar-refractivity contribution in [2.75, 3.05) is 11.0 Å². The van der Waals surface area contributed by atoms with Gasteiger partial charge in [-0.3, -0.25) is 14.3 Å². The molecule has 2 aromatic carbocycles. The molecule has 212 valence electrons. The number of nitrogens with zero attached hydrogens (tertiary/aromatic N) is 2. The number of hydrogen-bond acceptors (Lipinski definition) is 9. The molecule has 3 aromatic rings. The maximum Gasteiger partial charge on any atom is 0.271 e. The molecule has 0 aliphatic rings. The molecule has 2 amide bonds. The average molecular weight is 594 g/mol. The smallest absolute Gasteiger partial charge is 0.271 e. The Hall–Kier alpha value is -3.97. The van der Waals surface area contributed by atoms with Gasteiger partial charge in [0.05, 0.1) is 30.8 Å². The van der Waals surface area contributed by atoms with E-state index in [0.29, 0.717) is 6.07 Å². The number of hydrogen-bond donors (Lipinski definition) is 5. The summed E-state index contributed by atoms with van der Waals surface area (Å²) in [4.78, 5) is 29.4. The third kappa shape index (κ3) is 8.78. The molecule has 0 saturated heterocycles. The van der Waals surface area contributed by atoms with Crippen LogP contribution in [0.3, 0.4) is 0 Å². The number of sulfonamides is 1. The Morgan fingerprint density at radius 1 is 1.02 bits per heavy atom. The highest BCUT2D eigenvalue weighted by atomic mass is 32.2. The summed E-state index contributed by atoms with van der Waals surface area (Å²) in [5.41, 5.74) is 0.0189. The number of anilines is 1. The summed E-state index contributed by atoms with van der Waals surface area (Å²) in [6.45, 7) is 0. The molecule has 11 nitrogen and oxygen atoms in total. The van der Waals surface area contributed by atoms with Crippen molar-refractivity contribution in [3.63, 3.8) is 0 Å². The molecule has 0 fully saturated rings. The van der Waals surface area contributed by atoms with Crippen LogP contribution < -0.4 is 15.4 Å². The molecule has 0 aliphatic heterocycles. The SMILES string of the molecule is CS(=O)(=O)Nc1nc(C(=O)NC(Cc2cc(F)cc(F)c2)C(O)C(O)C(CC#N)NC(=O)c2ccccc2)cs1. The standard InChI is InChI=1S/C25H25F2N5O6S2/c1-40(37,38)32-25-31-20(13-39-25)24(36)30-19(11-14-9-16(26)12-17(27)10-14)22(34)21(33)18(7-8-28)29-23(35)15-5-3-2-4-6-15/h2-6,9-10,12-13,18-19,21-22,33-34H,7,11H2,1H3,(H,29,35)(H,30,36)(H,31,32). The normalized spacial score (nSPS) is 14.3. The van der Waals surface area contributed by atoms with Crippen LogP contribution >= 0.6 is 11.3 Å². The lowest BCUT2D eigenvalue weighted by atomic mass is 9.92. The summed E-state index contributed by atoms with van der Waals surface area (Å²) < 4.78 is 52.7. The van der Waals surface area contributed by atoms with E-state index in [1.807, 2.05) is 6.07 Å². The number of benzene rings is 2. The topological polar surface area (TPSA) is 182 Å². The fourth-order valence-electron chi connectivity index (χ4n) is 3.74. The van der Waals surface area contributed by atoms with Crippen molar-refractivity contribution in [3.8, 4) is 6.07 Å². The first-order valence-electron chi connectivity index (χ1n) is 11.6. The van der Waals surface area contributed by atoms with Crippen molar-refractivity contribution < 1.29 is 37.0 Å². The van der Waals surface area contributed by atoms with Crippen molar-refractivity contribution in [1.29, 1.82) is 5.26 Å². The molecular formula is C25H25F2N5O6S2. The molecule has 0 spiro atoms.